The molecule has 2 aliphatic rings. The first-order valence-corrected chi connectivity index (χ1v) is 7.04. The molecule has 1 aromatic rings. The number of hydrogen-bond acceptors (Lipinski definition) is 3. The lowest BCUT2D eigenvalue weighted by Gasteiger charge is -2.25. The Balaban J connectivity index is 1.85. The van der Waals surface area contributed by atoms with E-state index >= 15 is 0 Å². The van der Waals surface area contributed by atoms with Crippen LogP contribution in [0.1, 0.15) is 12.0 Å². The van der Waals surface area contributed by atoms with Crippen molar-refractivity contribution in [3.8, 4) is 0 Å². The van der Waals surface area contributed by atoms with Crippen LogP contribution in [-0.4, -0.2) is 44.0 Å². The van der Waals surface area contributed by atoms with Crippen LogP contribution in [0.25, 0.3) is 0 Å². The van der Waals surface area contributed by atoms with Crippen LogP contribution >= 0.6 is 0 Å². The molecule has 0 aliphatic carbocycles. The minimum absolute atomic E-state index is 0.163. The third-order valence-corrected chi connectivity index (χ3v) is 4.12. The third kappa shape index (κ3) is 2.51. The molecule has 0 radical (unpaired) electrons. The lowest BCUT2D eigenvalue weighted by Crippen LogP contribution is -2.39. The molecule has 0 saturated carbocycles. The lowest BCUT2D eigenvalue weighted by molar-refractivity contribution is -0.122. The number of nitrogens with one attached hydrogen (secondary N) is 1. The van der Waals surface area contributed by atoms with E-state index in [1.54, 1.807) is 0 Å². The Bertz CT molecular complexity index is 474. The molecular weight excluding hydrogens is 238 g/mol. The number of fused-ring (bicyclic) bond motifs is 1. The van der Waals surface area contributed by atoms with Gasteiger partial charge in [-0.15, -0.1) is 0 Å². The van der Waals surface area contributed by atoms with Crippen LogP contribution in [0.15, 0.2) is 24.3 Å². The van der Waals surface area contributed by atoms with Crippen molar-refractivity contribution in [2.24, 2.45) is 5.92 Å². The predicted molar refractivity (Wildman–Crippen MR) is 76.1 cm³/mol. The summed E-state index contributed by atoms with van der Waals surface area (Å²) in [6.45, 7) is 4.42. The topological polar surface area (TPSA) is 35.6 Å². The van der Waals surface area contributed by atoms with Crippen molar-refractivity contribution in [3.05, 3.63) is 29.8 Å². The van der Waals surface area contributed by atoms with Gasteiger partial charge in [-0.2, -0.15) is 0 Å². The molecule has 2 aliphatic heterocycles. The van der Waals surface area contributed by atoms with Crippen molar-refractivity contribution in [1.29, 1.82) is 0 Å². The molecule has 1 atom stereocenters. The Morgan fingerprint density at radius 2 is 2.16 bits per heavy atom. The van der Waals surface area contributed by atoms with Gasteiger partial charge in [0.1, 0.15) is 0 Å². The Labute approximate surface area is 114 Å². The normalized spacial score (nSPS) is 24.1. The van der Waals surface area contributed by atoms with Crippen LogP contribution in [0.5, 0.6) is 0 Å². The largest absolute Gasteiger partial charge is 0.311 e. The van der Waals surface area contributed by atoms with Crippen LogP contribution in [0.2, 0.25) is 0 Å². The smallest absolute Gasteiger partial charge is 0.231 e. The minimum Gasteiger partial charge on any atom is -0.311 e. The highest BCUT2D eigenvalue weighted by molar-refractivity contribution is 5.96. The zero-order valence-electron chi connectivity index (χ0n) is 11.4. The Morgan fingerprint density at radius 3 is 2.95 bits per heavy atom. The van der Waals surface area contributed by atoms with Crippen molar-refractivity contribution < 1.29 is 4.79 Å². The van der Waals surface area contributed by atoms with Gasteiger partial charge < -0.3 is 15.1 Å². The molecule has 4 nitrogen and oxygen atoms in total. The van der Waals surface area contributed by atoms with Crippen molar-refractivity contribution in [1.82, 2.24) is 10.2 Å². The van der Waals surface area contributed by atoms with Crippen LogP contribution < -0.4 is 10.2 Å². The Morgan fingerprint density at radius 1 is 1.32 bits per heavy atom. The van der Waals surface area contributed by atoms with Gasteiger partial charge in [-0.25, -0.2) is 0 Å². The molecule has 0 aromatic heterocycles. The zero-order valence-corrected chi connectivity index (χ0v) is 11.4. The molecule has 1 unspecified atom stereocenters. The lowest BCUT2D eigenvalue weighted by atomic mass is 10.1. The van der Waals surface area contributed by atoms with E-state index in [0.29, 0.717) is 5.91 Å². The molecule has 0 bridgehead atoms. The average Bonchev–Trinajstić information content (AvgIpc) is 2.74. The Kier molecular flexibility index (Phi) is 3.53. The molecular formula is C15H21N3O. The standard InChI is InChI=1S/C15H21N3O/c1-17-8-6-13(11-17)15(19)18-9-7-16-10-12-4-2-3-5-14(12)18/h2-5,13,16H,6-11H2,1H3. The van der Waals surface area contributed by atoms with Crippen LogP contribution in [0.3, 0.4) is 0 Å². The molecule has 2 heterocycles. The SMILES string of the molecule is CN1CCC(C(=O)N2CCNCc3ccccc32)C1. The number of carbonyl (C=O) groups is 1. The van der Waals surface area contributed by atoms with Gasteiger partial charge in [0.05, 0.1) is 5.92 Å². The highest BCUT2D eigenvalue weighted by Gasteiger charge is 2.31. The molecule has 1 amide bonds. The van der Waals surface area contributed by atoms with Crippen LogP contribution in [-0.2, 0) is 11.3 Å². The predicted octanol–water partition coefficient (Wildman–Crippen LogP) is 1.07. The first kappa shape index (κ1) is 12.6. The second-order valence-corrected chi connectivity index (χ2v) is 5.54. The summed E-state index contributed by atoms with van der Waals surface area (Å²) in [6, 6.07) is 8.23. The van der Waals surface area contributed by atoms with E-state index in [4.69, 9.17) is 0 Å². The molecule has 1 N–H and O–H groups in total. The van der Waals surface area contributed by atoms with E-state index in [9.17, 15) is 4.79 Å². The first-order chi connectivity index (χ1) is 9.25. The van der Waals surface area contributed by atoms with E-state index < -0.39 is 0 Å². The highest BCUT2D eigenvalue weighted by Crippen LogP contribution is 2.26. The fraction of sp³-hybridized carbons (Fsp3) is 0.533. The van der Waals surface area contributed by atoms with Gasteiger partial charge in [-0.05, 0) is 31.6 Å². The number of anilines is 1. The van der Waals surface area contributed by atoms with Gasteiger partial charge in [0.25, 0.3) is 0 Å². The van der Waals surface area contributed by atoms with Crippen molar-refractivity contribution in [2.45, 2.75) is 13.0 Å². The van der Waals surface area contributed by atoms with Gasteiger partial charge in [-0.1, -0.05) is 18.2 Å². The molecule has 3 rings (SSSR count). The number of para-hydroxylation sites is 1. The van der Waals surface area contributed by atoms with Gasteiger partial charge in [0.2, 0.25) is 5.91 Å². The summed E-state index contributed by atoms with van der Waals surface area (Å²) in [5.74, 6) is 0.455. The number of nitrogens with zero attached hydrogens (tertiary/aromatic N) is 2. The number of rotatable bonds is 1. The number of amides is 1. The monoisotopic (exact) mass is 259 g/mol. The molecule has 19 heavy (non-hydrogen) atoms. The number of carbonyl (C=O) groups excluding carboxylic acids is 1. The molecule has 4 heteroatoms. The molecule has 1 aromatic carbocycles. The quantitative estimate of drug-likeness (QED) is 0.819. The summed E-state index contributed by atoms with van der Waals surface area (Å²) in [7, 11) is 2.09. The van der Waals surface area contributed by atoms with Crippen molar-refractivity contribution in [2.75, 3.05) is 38.1 Å². The molecule has 0 spiro atoms. The Hall–Kier alpha value is -1.39. The first-order valence-electron chi connectivity index (χ1n) is 7.04. The zero-order chi connectivity index (χ0) is 13.2. The molecule has 102 valence electrons. The van der Waals surface area contributed by atoms with Gasteiger partial charge in [0, 0.05) is 31.9 Å². The maximum absolute atomic E-state index is 12.7. The third-order valence-electron chi connectivity index (χ3n) is 4.12. The summed E-state index contributed by atoms with van der Waals surface area (Å²) in [6.07, 6.45) is 0.988. The summed E-state index contributed by atoms with van der Waals surface area (Å²) in [5, 5.41) is 3.38. The van der Waals surface area contributed by atoms with Crippen LogP contribution in [0.4, 0.5) is 5.69 Å². The van der Waals surface area contributed by atoms with Gasteiger partial charge in [-0.3, -0.25) is 4.79 Å². The minimum atomic E-state index is 0.163. The van der Waals surface area contributed by atoms with Gasteiger partial charge >= 0.3 is 0 Å². The summed E-state index contributed by atoms with van der Waals surface area (Å²) in [4.78, 5) is 17.0. The van der Waals surface area contributed by atoms with E-state index in [2.05, 4.69) is 29.4 Å². The van der Waals surface area contributed by atoms with E-state index in [0.717, 1.165) is 44.8 Å². The second-order valence-electron chi connectivity index (χ2n) is 5.54. The fourth-order valence-corrected chi connectivity index (χ4v) is 3.04. The second kappa shape index (κ2) is 5.31. The van der Waals surface area contributed by atoms with Crippen molar-refractivity contribution in [3.63, 3.8) is 0 Å². The number of likely N-dealkylation sites (tertiary alicyclic amines) is 1. The van der Waals surface area contributed by atoms with E-state index in [1.165, 1.54) is 5.56 Å². The van der Waals surface area contributed by atoms with Crippen LogP contribution in [0, 0.1) is 5.92 Å². The van der Waals surface area contributed by atoms with E-state index in [1.807, 2.05) is 17.0 Å². The maximum Gasteiger partial charge on any atom is 0.231 e. The summed E-state index contributed by atoms with van der Waals surface area (Å²) in [5.41, 5.74) is 2.31. The maximum atomic E-state index is 12.7. The van der Waals surface area contributed by atoms with Crippen molar-refractivity contribution >= 4 is 11.6 Å². The molecule has 1 fully saturated rings. The number of hydrogen-bond donors (Lipinski definition) is 1. The van der Waals surface area contributed by atoms with E-state index in [-0.39, 0.29) is 5.92 Å². The van der Waals surface area contributed by atoms with Gasteiger partial charge in [0.15, 0.2) is 0 Å². The summed E-state index contributed by atoms with van der Waals surface area (Å²) < 4.78 is 0. The summed E-state index contributed by atoms with van der Waals surface area (Å²) >= 11 is 0. The highest BCUT2D eigenvalue weighted by atomic mass is 16.2. The average molecular weight is 259 g/mol. The molecule has 1 saturated heterocycles. The fourth-order valence-electron chi connectivity index (χ4n) is 3.04. The number of benzene rings is 1.